The first-order valence-electron chi connectivity index (χ1n) is 19.7. The van der Waals surface area contributed by atoms with E-state index in [1.54, 1.807) is 12.0 Å². The fourth-order valence-electron chi connectivity index (χ4n) is 8.54. The van der Waals surface area contributed by atoms with Gasteiger partial charge in [-0.2, -0.15) is 0 Å². The van der Waals surface area contributed by atoms with E-state index in [9.17, 15) is 14.4 Å². The smallest absolute Gasteiger partial charge is 0.410 e. The fourth-order valence-corrected chi connectivity index (χ4v) is 8.54. The molecule has 0 aliphatic carbocycles. The van der Waals surface area contributed by atoms with Crippen LogP contribution in [0.3, 0.4) is 0 Å². The van der Waals surface area contributed by atoms with Gasteiger partial charge in [0, 0.05) is 37.1 Å². The van der Waals surface area contributed by atoms with Gasteiger partial charge in [0.05, 0.1) is 48.7 Å². The molecule has 0 unspecified atom stereocenters. The molecule has 0 spiro atoms. The number of H-pyrrole nitrogens is 2. The molecule has 0 saturated carbocycles. The van der Waals surface area contributed by atoms with Gasteiger partial charge < -0.3 is 39.1 Å². The minimum absolute atomic E-state index is 0.111. The Morgan fingerprint density at radius 1 is 1.00 bits per heavy atom. The van der Waals surface area contributed by atoms with Crippen molar-refractivity contribution in [3.05, 3.63) is 65.9 Å². The van der Waals surface area contributed by atoms with Crippen LogP contribution in [0.4, 0.5) is 9.59 Å². The highest BCUT2D eigenvalue weighted by atomic mass is 16.6. The van der Waals surface area contributed by atoms with E-state index in [0.717, 1.165) is 86.4 Å². The highest BCUT2D eigenvalue weighted by molar-refractivity contribution is 6.07. The lowest BCUT2D eigenvalue weighted by Crippen LogP contribution is -2.51. The maximum Gasteiger partial charge on any atom is 0.410 e. The summed E-state index contributed by atoms with van der Waals surface area (Å²) in [4.78, 5) is 59.4. The van der Waals surface area contributed by atoms with Gasteiger partial charge in [-0.1, -0.05) is 32.0 Å². The minimum atomic E-state index is -0.695. The summed E-state index contributed by atoms with van der Waals surface area (Å²) in [6.45, 7) is 11.5. The normalized spacial score (nSPS) is 19.8. The number of likely N-dealkylation sites (tertiary alicyclic amines) is 2. The maximum absolute atomic E-state index is 13.6. The van der Waals surface area contributed by atoms with Gasteiger partial charge in [-0.3, -0.25) is 9.69 Å². The van der Waals surface area contributed by atoms with E-state index in [1.165, 1.54) is 7.11 Å². The van der Waals surface area contributed by atoms with Crippen LogP contribution in [-0.2, 0) is 25.6 Å². The summed E-state index contributed by atoms with van der Waals surface area (Å²) >= 11 is 0. The molecule has 5 heterocycles. The summed E-state index contributed by atoms with van der Waals surface area (Å²) in [7, 11) is 2.98. The molecule has 3 N–H and O–H groups in total. The number of hydrogen-bond acceptors (Lipinski definition) is 9. The monoisotopic (exact) mass is 777 g/mol. The van der Waals surface area contributed by atoms with E-state index in [-0.39, 0.29) is 35.9 Å². The number of nitrogens with zero attached hydrogens (tertiary/aromatic N) is 4. The maximum atomic E-state index is 13.6. The largest absolute Gasteiger partial charge is 0.488 e. The van der Waals surface area contributed by atoms with Crippen molar-refractivity contribution in [2.45, 2.75) is 84.2 Å². The molecular weight excluding hydrogens is 727 g/mol. The number of methoxy groups -OCH3 is 2. The number of benzene rings is 3. The molecule has 2 saturated heterocycles. The summed E-state index contributed by atoms with van der Waals surface area (Å²) < 4.78 is 22.4. The number of carbonyl (C=O) groups is 3. The molecule has 0 bridgehead atoms. The van der Waals surface area contributed by atoms with E-state index in [2.05, 4.69) is 51.7 Å². The number of alkyl carbamates (subject to hydrolysis) is 1. The predicted molar refractivity (Wildman–Crippen MR) is 214 cm³/mol. The average Bonchev–Trinajstić information content (AvgIpc) is 4.01. The van der Waals surface area contributed by atoms with E-state index >= 15 is 0 Å². The number of aromatic amines is 2. The second-order valence-electron chi connectivity index (χ2n) is 16.7. The first-order valence-corrected chi connectivity index (χ1v) is 19.7. The summed E-state index contributed by atoms with van der Waals surface area (Å²) in [5.74, 6) is 2.14. The Labute approximate surface area is 331 Å². The Hall–Kier alpha value is -5.63. The number of aromatic nitrogens is 4. The van der Waals surface area contributed by atoms with Crippen molar-refractivity contribution in [1.82, 2.24) is 35.1 Å². The molecule has 3 aliphatic rings. The number of amides is 3. The second kappa shape index (κ2) is 15.0. The zero-order valence-electron chi connectivity index (χ0n) is 33.6. The summed E-state index contributed by atoms with van der Waals surface area (Å²) in [6, 6.07) is 13.5. The molecule has 0 radical (unpaired) electrons. The predicted octanol–water partition coefficient (Wildman–Crippen LogP) is 7.65. The quantitative estimate of drug-likeness (QED) is 0.144. The molecule has 300 valence electrons. The van der Waals surface area contributed by atoms with Gasteiger partial charge in [-0.05, 0) is 92.3 Å². The molecule has 2 aromatic heterocycles. The highest BCUT2D eigenvalue weighted by Crippen LogP contribution is 2.44. The van der Waals surface area contributed by atoms with Crippen molar-refractivity contribution in [2.24, 2.45) is 11.8 Å². The van der Waals surface area contributed by atoms with Crippen molar-refractivity contribution >= 4 is 39.9 Å². The van der Waals surface area contributed by atoms with E-state index < -0.39 is 17.7 Å². The lowest BCUT2D eigenvalue weighted by Gasteiger charge is -2.30. The molecule has 5 aromatic rings. The van der Waals surface area contributed by atoms with Gasteiger partial charge >= 0.3 is 12.2 Å². The minimum Gasteiger partial charge on any atom is -0.488 e. The molecule has 14 nitrogen and oxygen atoms in total. The van der Waals surface area contributed by atoms with Crippen LogP contribution in [0.15, 0.2) is 48.7 Å². The zero-order chi connectivity index (χ0) is 40.2. The standard InChI is InChI=1S/C43H51N7O7/c1-23(2)36(48-41(52)55-7)40(51)49-14-8-9-33(49)38-44-19-32(46-38)26-10-12-28-27(16-26)22-56-35-18-29-25(17-30(28)35)11-13-31-37(29)47-39(45-31)34-15-24(21-54-6)20-50(34)42(53)57-43(3,4)5/h10-13,16-19,23-24,33-34,36H,8-9,14-15,20-22H2,1-7H3,(H,44,46)(H,45,47)(H,48,52)/t24-,33-,34-,36-/m0/s1. The van der Waals surface area contributed by atoms with Crippen molar-refractivity contribution in [2.75, 3.05) is 33.9 Å². The van der Waals surface area contributed by atoms with E-state index in [0.29, 0.717) is 26.3 Å². The summed E-state index contributed by atoms with van der Waals surface area (Å²) in [5.41, 5.74) is 6.07. The van der Waals surface area contributed by atoms with Crippen LogP contribution < -0.4 is 10.1 Å². The van der Waals surface area contributed by atoms with Crippen molar-refractivity contribution in [3.63, 3.8) is 0 Å². The molecule has 57 heavy (non-hydrogen) atoms. The number of nitrogens with one attached hydrogen (secondary N) is 3. The van der Waals surface area contributed by atoms with E-state index in [4.69, 9.17) is 28.9 Å². The number of rotatable bonds is 8. The van der Waals surface area contributed by atoms with Crippen LogP contribution in [0.5, 0.6) is 5.75 Å². The van der Waals surface area contributed by atoms with Crippen LogP contribution in [0.2, 0.25) is 0 Å². The SMILES string of the molecule is COC[C@H]1C[C@@H](c2nc3c(ccc4cc5c(cc43)OCc3cc(-c4cnc([C@@H]6CCCN6C(=O)[C@@H](NC(=O)OC)C(C)C)[nH]4)ccc3-5)[nH]2)N(C(=O)OC(C)(C)C)C1. The van der Waals surface area contributed by atoms with Crippen molar-refractivity contribution in [1.29, 1.82) is 0 Å². The van der Waals surface area contributed by atoms with Crippen LogP contribution in [0.25, 0.3) is 44.2 Å². The van der Waals surface area contributed by atoms with Gasteiger partial charge in [-0.15, -0.1) is 0 Å². The second-order valence-corrected chi connectivity index (χ2v) is 16.7. The lowest BCUT2D eigenvalue weighted by molar-refractivity contribution is -0.135. The van der Waals surface area contributed by atoms with Crippen LogP contribution in [0, 0.1) is 11.8 Å². The molecule has 3 aromatic carbocycles. The molecule has 2 fully saturated rings. The van der Waals surface area contributed by atoms with Gasteiger partial charge in [-0.25, -0.2) is 19.6 Å². The Balaban J connectivity index is 1.04. The molecule has 4 atom stereocenters. The fraction of sp³-hybridized carbons (Fsp3) is 0.465. The van der Waals surface area contributed by atoms with Crippen LogP contribution in [-0.4, -0.2) is 93.4 Å². The van der Waals surface area contributed by atoms with Gasteiger partial charge in [0.2, 0.25) is 5.91 Å². The van der Waals surface area contributed by atoms with Crippen molar-refractivity contribution in [3.8, 4) is 28.1 Å². The number of carbonyl (C=O) groups excluding carboxylic acids is 3. The molecule has 3 amide bonds. The number of imidazole rings is 2. The first-order chi connectivity index (χ1) is 27.3. The molecule has 14 heteroatoms. The van der Waals surface area contributed by atoms with Gasteiger partial charge in [0.25, 0.3) is 0 Å². The molecular formula is C43H51N7O7. The van der Waals surface area contributed by atoms with Crippen LogP contribution in [0.1, 0.15) is 83.2 Å². The third-order valence-electron chi connectivity index (χ3n) is 11.2. The summed E-state index contributed by atoms with van der Waals surface area (Å²) in [5, 5.41) is 4.70. The topological polar surface area (TPSA) is 164 Å². The lowest BCUT2D eigenvalue weighted by atomic mass is 9.92. The molecule has 8 rings (SSSR count). The Morgan fingerprint density at radius 3 is 2.58 bits per heavy atom. The Kier molecular flexibility index (Phi) is 10.1. The van der Waals surface area contributed by atoms with E-state index in [1.807, 2.05) is 51.8 Å². The van der Waals surface area contributed by atoms with Crippen molar-refractivity contribution < 1.29 is 33.3 Å². The van der Waals surface area contributed by atoms with Gasteiger partial charge in [0.15, 0.2) is 0 Å². The number of hydrogen-bond donors (Lipinski definition) is 3. The Morgan fingerprint density at radius 2 is 1.82 bits per heavy atom. The third-order valence-corrected chi connectivity index (χ3v) is 11.2. The molecule has 3 aliphatic heterocycles. The van der Waals surface area contributed by atoms with Gasteiger partial charge in [0.1, 0.15) is 35.6 Å². The highest BCUT2D eigenvalue weighted by Gasteiger charge is 2.41. The van der Waals surface area contributed by atoms with Crippen LogP contribution >= 0.6 is 0 Å². The first kappa shape index (κ1) is 38.3. The number of fused-ring (bicyclic) bond motifs is 6. The average molecular weight is 778 g/mol. The zero-order valence-corrected chi connectivity index (χ0v) is 33.6. The Bertz CT molecular complexity index is 2340. The number of ether oxygens (including phenoxy) is 4. The third kappa shape index (κ3) is 7.38. The summed E-state index contributed by atoms with van der Waals surface area (Å²) in [6.07, 6.45) is 3.17.